The van der Waals surface area contributed by atoms with Gasteiger partial charge in [-0.05, 0) is 19.1 Å². The monoisotopic (exact) mass is 119 g/mol. The molecule has 9 heavy (non-hydrogen) atoms. The van der Waals surface area contributed by atoms with Crippen LogP contribution in [-0.2, 0) is 0 Å². The fraction of sp³-hybridized carbons (Fsp3) is 0.143. The Labute approximate surface area is 54.0 Å². The molecule has 0 N–H and O–H groups in total. The molecule has 0 fully saturated rings. The minimum atomic E-state index is 0.598. The maximum absolute atomic E-state index is 8.25. The van der Waals surface area contributed by atoms with E-state index in [0.717, 1.165) is 0 Å². The van der Waals surface area contributed by atoms with Crippen molar-refractivity contribution in [1.82, 2.24) is 0 Å². The summed E-state index contributed by atoms with van der Waals surface area (Å²) in [4.78, 5) is 0. The lowest BCUT2D eigenvalue weighted by Crippen LogP contribution is -1.66. The molecule has 46 valence electrons. The van der Waals surface area contributed by atoms with Crippen molar-refractivity contribution in [2.24, 2.45) is 5.11 Å². The van der Waals surface area contributed by atoms with Crippen molar-refractivity contribution in [3.05, 3.63) is 35.4 Å². The molecule has 0 unspecified atom stereocenters. The fourth-order valence-electron chi connectivity index (χ4n) is 0.611. The summed E-state index contributed by atoms with van der Waals surface area (Å²) in [6, 6.07) is 7.31. The SMILES string of the molecule is Cc1ccc(N=[N-])cc1. The van der Waals surface area contributed by atoms with Crippen LogP contribution in [0.25, 0.3) is 5.53 Å². The van der Waals surface area contributed by atoms with E-state index in [1.165, 1.54) is 5.56 Å². The average molecular weight is 119 g/mol. The van der Waals surface area contributed by atoms with Crippen molar-refractivity contribution >= 4 is 5.69 Å². The van der Waals surface area contributed by atoms with Crippen molar-refractivity contribution < 1.29 is 0 Å². The molecular formula is C7H7N2-. The number of benzene rings is 1. The van der Waals surface area contributed by atoms with Gasteiger partial charge in [0.05, 0.1) is 0 Å². The largest absolute Gasteiger partial charge is 0.706 e. The first-order chi connectivity index (χ1) is 4.33. The fourth-order valence-corrected chi connectivity index (χ4v) is 0.611. The zero-order valence-corrected chi connectivity index (χ0v) is 5.20. The molecule has 0 saturated carbocycles. The summed E-state index contributed by atoms with van der Waals surface area (Å²) in [6.45, 7) is 1.99. The van der Waals surface area contributed by atoms with E-state index in [9.17, 15) is 0 Å². The number of rotatable bonds is 1. The van der Waals surface area contributed by atoms with Gasteiger partial charge < -0.3 is 10.6 Å². The second kappa shape index (κ2) is 2.40. The molecule has 0 aliphatic heterocycles. The highest BCUT2D eigenvalue weighted by Crippen LogP contribution is 2.10. The maximum Gasteiger partial charge on any atom is 0.0396 e. The Balaban J connectivity index is 3.01. The molecule has 1 aromatic rings. The zero-order chi connectivity index (χ0) is 6.69. The van der Waals surface area contributed by atoms with Crippen LogP contribution in [0.15, 0.2) is 29.4 Å². The van der Waals surface area contributed by atoms with E-state index < -0.39 is 0 Å². The van der Waals surface area contributed by atoms with Crippen LogP contribution in [-0.4, -0.2) is 0 Å². The minimum absolute atomic E-state index is 0.598. The first-order valence-electron chi connectivity index (χ1n) is 2.74. The molecule has 0 amide bonds. The van der Waals surface area contributed by atoms with Crippen molar-refractivity contribution in [3.8, 4) is 0 Å². The molecule has 1 aromatic carbocycles. The predicted molar refractivity (Wildman–Crippen MR) is 36.6 cm³/mol. The van der Waals surface area contributed by atoms with Crippen LogP contribution in [0.5, 0.6) is 0 Å². The van der Waals surface area contributed by atoms with Gasteiger partial charge in [0, 0.05) is 5.69 Å². The lowest BCUT2D eigenvalue weighted by molar-refractivity contribution is 1.42. The summed E-state index contributed by atoms with van der Waals surface area (Å²) >= 11 is 0. The summed E-state index contributed by atoms with van der Waals surface area (Å²) in [7, 11) is 0. The van der Waals surface area contributed by atoms with Crippen LogP contribution in [0.3, 0.4) is 0 Å². The van der Waals surface area contributed by atoms with Crippen LogP contribution in [0.1, 0.15) is 5.56 Å². The summed E-state index contributed by atoms with van der Waals surface area (Å²) in [5, 5.41) is 3.01. The summed E-state index contributed by atoms with van der Waals surface area (Å²) in [6.07, 6.45) is 0. The molecule has 1 rings (SSSR count). The normalized spacial score (nSPS) is 9.00. The van der Waals surface area contributed by atoms with Crippen molar-refractivity contribution in [3.63, 3.8) is 0 Å². The highest BCUT2D eigenvalue weighted by molar-refractivity contribution is 5.37. The molecule has 0 aromatic heterocycles. The van der Waals surface area contributed by atoms with Gasteiger partial charge in [-0.15, -0.1) is 0 Å². The molecule has 0 bridgehead atoms. The van der Waals surface area contributed by atoms with E-state index in [-0.39, 0.29) is 0 Å². The highest BCUT2D eigenvalue weighted by atomic mass is 14.9. The second-order valence-electron chi connectivity index (χ2n) is 1.94. The maximum atomic E-state index is 8.25. The van der Waals surface area contributed by atoms with E-state index in [2.05, 4.69) is 5.11 Å². The Hall–Kier alpha value is -1.18. The van der Waals surface area contributed by atoms with Crippen LogP contribution in [0, 0.1) is 6.92 Å². The van der Waals surface area contributed by atoms with Gasteiger partial charge in [0.25, 0.3) is 0 Å². The van der Waals surface area contributed by atoms with E-state index in [1.54, 1.807) is 12.1 Å². The van der Waals surface area contributed by atoms with E-state index in [0.29, 0.717) is 5.69 Å². The Morgan fingerprint density at radius 3 is 2.22 bits per heavy atom. The van der Waals surface area contributed by atoms with E-state index in [1.807, 2.05) is 19.1 Å². The summed E-state index contributed by atoms with van der Waals surface area (Å²) < 4.78 is 0. The van der Waals surface area contributed by atoms with Gasteiger partial charge in [-0.2, -0.15) is 0 Å². The van der Waals surface area contributed by atoms with Gasteiger partial charge in [0.15, 0.2) is 0 Å². The third kappa shape index (κ3) is 1.35. The molecule has 0 heterocycles. The van der Waals surface area contributed by atoms with Crippen molar-refractivity contribution in [2.75, 3.05) is 0 Å². The van der Waals surface area contributed by atoms with Gasteiger partial charge in [0.1, 0.15) is 0 Å². The molecule has 2 nitrogen and oxygen atoms in total. The zero-order valence-electron chi connectivity index (χ0n) is 5.20. The first-order valence-corrected chi connectivity index (χ1v) is 2.74. The quantitative estimate of drug-likeness (QED) is 0.509. The molecule has 0 aliphatic rings. The van der Waals surface area contributed by atoms with Crippen LogP contribution >= 0.6 is 0 Å². The third-order valence-electron chi connectivity index (χ3n) is 1.15. The molecular weight excluding hydrogens is 112 g/mol. The number of hydrogen-bond acceptors (Lipinski definition) is 1. The van der Waals surface area contributed by atoms with Gasteiger partial charge in [-0.1, -0.05) is 17.7 Å². The van der Waals surface area contributed by atoms with Gasteiger partial charge in [-0.25, -0.2) is 0 Å². The average Bonchev–Trinajstić information content (AvgIpc) is 1.90. The van der Waals surface area contributed by atoms with Gasteiger partial charge in [0.2, 0.25) is 0 Å². The first kappa shape index (κ1) is 5.95. The second-order valence-corrected chi connectivity index (χ2v) is 1.94. The van der Waals surface area contributed by atoms with E-state index >= 15 is 0 Å². The molecule has 0 atom stereocenters. The minimum Gasteiger partial charge on any atom is -0.706 e. The van der Waals surface area contributed by atoms with Crippen LogP contribution in [0.2, 0.25) is 0 Å². The van der Waals surface area contributed by atoms with E-state index in [4.69, 9.17) is 5.53 Å². The molecule has 2 heteroatoms. The number of aryl methyl sites for hydroxylation is 1. The molecule has 0 radical (unpaired) electrons. The van der Waals surface area contributed by atoms with Crippen LogP contribution < -0.4 is 0 Å². The Morgan fingerprint density at radius 1 is 1.22 bits per heavy atom. The Morgan fingerprint density at radius 2 is 1.78 bits per heavy atom. The lowest BCUT2D eigenvalue weighted by Gasteiger charge is -1.95. The molecule has 0 aliphatic carbocycles. The highest BCUT2D eigenvalue weighted by Gasteiger charge is 1.81. The van der Waals surface area contributed by atoms with Gasteiger partial charge in [-0.3, -0.25) is 0 Å². The standard InChI is InChI=1S/C7H7N2/c1-6-2-4-7(9-8)5-3-6/h2-5H,1H3/q-1. The Bertz CT molecular complexity index is 201. The molecule has 0 saturated heterocycles. The lowest BCUT2D eigenvalue weighted by atomic mass is 10.2. The van der Waals surface area contributed by atoms with Gasteiger partial charge >= 0.3 is 0 Å². The molecule has 0 spiro atoms. The van der Waals surface area contributed by atoms with Crippen molar-refractivity contribution in [2.45, 2.75) is 6.92 Å². The van der Waals surface area contributed by atoms with Crippen LogP contribution in [0.4, 0.5) is 5.69 Å². The Kier molecular flexibility index (Phi) is 1.58. The predicted octanol–water partition coefficient (Wildman–Crippen LogP) is 2.65. The summed E-state index contributed by atoms with van der Waals surface area (Å²) in [5.41, 5.74) is 10.0. The number of nitrogens with zero attached hydrogens (tertiary/aromatic N) is 2. The van der Waals surface area contributed by atoms with Crippen molar-refractivity contribution in [1.29, 1.82) is 0 Å². The number of hydrogen-bond donors (Lipinski definition) is 0. The topological polar surface area (TPSA) is 34.7 Å². The summed E-state index contributed by atoms with van der Waals surface area (Å²) in [5.74, 6) is 0. The smallest absolute Gasteiger partial charge is 0.0396 e. The third-order valence-corrected chi connectivity index (χ3v) is 1.15.